The van der Waals surface area contributed by atoms with Gasteiger partial charge in [0.2, 0.25) is 5.91 Å². The second-order valence-corrected chi connectivity index (χ2v) is 8.15. The molecular weight excluding hydrogens is 436 g/mol. The summed E-state index contributed by atoms with van der Waals surface area (Å²) in [6.45, 7) is 3.46. The van der Waals surface area contributed by atoms with Crippen molar-refractivity contribution in [2.24, 2.45) is 11.8 Å². The van der Waals surface area contributed by atoms with Crippen molar-refractivity contribution in [1.29, 1.82) is 0 Å². The standard InChI is InChI=1S/C26H28N2O6/c1-3-17-8-6-7-16(2)23(17)28-22(29)15-34-26(33)18-11-13-19(14-12-18)27-24(30)20-9-4-5-10-21(20)25(31)32/h4-8,11-14,20-21H,3,9-10,15H2,1-2H3,(H,27,30)(H,28,29)(H,31,32)/t20-,21-/m0/s1. The molecule has 3 N–H and O–H groups in total. The number of carboxylic acid groups (broad SMARTS) is 1. The van der Waals surface area contributed by atoms with Crippen molar-refractivity contribution in [3.05, 3.63) is 71.3 Å². The van der Waals surface area contributed by atoms with Crippen LogP contribution < -0.4 is 10.6 Å². The fourth-order valence-electron chi connectivity index (χ4n) is 3.89. The van der Waals surface area contributed by atoms with Gasteiger partial charge in [0.1, 0.15) is 0 Å². The van der Waals surface area contributed by atoms with Crippen molar-refractivity contribution in [2.45, 2.75) is 33.1 Å². The summed E-state index contributed by atoms with van der Waals surface area (Å²) in [5, 5.41) is 14.8. The van der Waals surface area contributed by atoms with Crippen LogP contribution in [0.4, 0.5) is 11.4 Å². The molecule has 1 aliphatic carbocycles. The topological polar surface area (TPSA) is 122 Å². The van der Waals surface area contributed by atoms with Crippen LogP contribution in [-0.4, -0.2) is 35.5 Å². The van der Waals surface area contributed by atoms with Gasteiger partial charge < -0.3 is 20.5 Å². The number of esters is 1. The van der Waals surface area contributed by atoms with E-state index in [1.165, 1.54) is 24.3 Å². The van der Waals surface area contributed by atoms with Gasteiger partial charge in [-0.2, -0.15) is 0 Å². The Hall–Kier alpha value is -3.94. The highest BCUT2D eigenvalue weighted by molar-refractivity contribution is 5.98. The summed E-state index contributed by atoms with van der Waals surface area (Å²) in [6.07, 6.45) is 5.01. The van der Waals surface area contributed by atoms with Gasteiger partial charge in [0.25, 0.3) is 5.91 Å². The van der Waals surface area contributed by atoms with E-state index in [9.17, 15) is 24.3 Å². The van der Waals surface area contributed by atoms with Crippen molar-refractivity contribution >= 4 is 35.1 Å². The molecule has 0 aliphatic heterocycles. The summed E-state index contributed by atoms with van der Waals surface area (Å²) in [6, 6.07) is 11.8. The predicted octanol–water partition coefficient (Wildman–Crippen LogP) is 3.96. The van der Waals surface area contributed by atoms with Crippen LogP contribution in [0.2, 0.25) is 0 Å². The highest BCUT2D eigenvalue weighted by atomic mass is 16.5. The monoisotopic (exact) mass is 464 g/mol. The second-order valence-electron chi connectivity index (χ2n) is 8.15. The first-order chi connectivity index (χ1) is 16.3. The molecule has 8 heteroatoms. The van der Waals surface area contributed by atoms with Gasteiger partial charge in [-0.25, -0.2) is 4.79 Å². The van der Waals surface area contributed by atoms with E-state index in [1.54, 1.807) is 12.2 Å². The van der Waals surface area contributed by atoms with Gasteiger partial charge in [-0.3, -0.25) is 14.4 Å². The third-order valence-corrected chi connectivity index (χ3v) is 5.81. The van der Waals surface area contributed by atoms with Crippen molar-refractivity contribution in [3.8, 4) is 0 Å². The molecule has 0 aromatic heterocycles. The second kappa shape index (κ2) is 11.3. The highest BCUT2D eigenvalue weighted by Gasteiger charge is 2.33. The number of ether oxygens (including phenoxy) is 1. The number of hydrogen-bond donors (Lipinski definition) is 3. The van der Waals surface area contributed by atoms with Crippen LogP contribution in [0.3, 0.4) is 0 Å². The van der Waals surface area contributed by atoms with Gasteiger partial charge in [-0.15, -0.1) is 0 Å². The predicted molar refractivity (Wildman–Crippen MR) is 128 cm³/mol. The molecule has 0 saturated carbocycles. The number of amides is 2. The van der Waals surface area contributed by atoms with E-state index in [4.69, 9.17) is 4.74 Å². The SMILES string of the molecule is CCc1cccc(C)c1NC(=O)COC(=O)c1ccc(NC(=O)[C@H]2CC=CC[C@@H]2C(=O)O)cc1. The summed E-state index contributed by atoms with van der Waals surface area (Å²) >= 11 is 0. The number of para-hydroxylation sites is 1. The molecule has 0 spiro atoms. The Morgan fingerprint density at radius 3 is 2.29 bits per heavy atom. The van der Waals surface area contributed by atoms with Crippen LogP contribution >= 0.6 is 0 Å². The highest BCUT2D eigenvalue weighted by Crippen LogP contribution is 2.27. The molecule has 3 rings (SSSR count). The maximum absolute atomic E-state index is 12.6. The van der Waals surface area contributed by atoms with Crippen LogP contribution in [0.5, 0.6) is 0 Å². The van der Waals surface area contributed by atoms with Crippen LogP contribution in [0.15, 0.2) is 54.6 Å². The van der Waals surface area contributed by atoms with Crippen LogP contribution in [0.25, 0.3) is 0 Å². The molecule has 2 atom stereocenters. The van der Waals surface area contributed by atoms with Gasteiger partial charge >= 0.3 is 11.9 Å². The number of allylic oxidation sites excluding steroid dienone is 2. The molecule has 0 fully saturated rings. The smallest absolute Gasteiger partial charge is 0.338 e. The lowest BCUT2D eigenvalue weighted by molar-refractivity contribution is -0.146. The Labute approximate surface area is 198 Å². The maximum atomic E-state index is 12.6. The normalized spacial score (nSPS) is 17.0. The first-order valence-corrected chi connectivity index (χ1v) is 11.1. The molecule has 0 heterocycles. The van der Waals surface area contributed by atoms with E-state index in [1.807, 2.05) is 32.0 Å². The first kappa shape index (κ1) is 24.7. The van der Waals surface area contributed by atoms with Crippen molar-refractivity contribution < 1.29 is 29.0 Å². The molecule has 0 bridgehead atoms. The molecule has 178 valence electrons. The summed E-state index contributed by atoms with van der Waals surface area (Å²) in [5.41, 5.74) is 3.31. The minimum atomic E-state index is -1.00. The Bertz CT molecular complexity index is 1110. The third kappa shape index (κ3) is 6.10. The van der Waals surface area contributed by atoms with Crippen molar-refractivity contribution in [1.82, 2.24) is 0 Å². The number of anilines is 2. The number of nitrogens with one attached hydrogen (secondary N) is 2. The number of rotatable bonds is 8. The van der Waals surface area contributed by atoms with Gasteiger partial charge in [0, 0.05) is 11.4 Å². The zero-order chi connectivity index (χ0) is 24.7. The molecule has 2 aromatic rings. The van der Waals surface area contributed by atoms with Crippen molar-refractivity contribution in [3.63, 3.8) is 0 Å². The Morgan fingerprint density at radius 1 is 0.971 bits per heavy atom. The van der Waals surface area contributed by atoms with Gasteiger partial charge in [-0.05, 0) is 61.6 Å². The summed E-state index contributed by atoms with van der Waals surface area (Å²) in [7, 11) is 0. The lowest BCUT2D eigenvalue weighted by Crippen LogP contribution is -2.34. The van der Waals surface area contributed by atoms with Gasteiger partial charge in [0.05, 0.1) is 17.4 Å². The van der Waals surface area contributed by atoms with E-state index >= 15 is 0 Å². The Morgan fingerprint density at radius 2 is 1.65 bits per heavy atom. The van der Waals surface area contributed by atoms with Crippen molar-refractivity contribution in [2.75, 3.05) is 17.2 Å². The Kier molecular flexibility index (Phi) is 8.19. The lowest BCUT2D eigenvalue weighted by atomic mass is 9.82. The van der Waals surface area contributed by atoms with E-state index < -0.39 is 36.3 Å². The molecule has 34 heavy (non-hydrogen) atoms. The first-order valence-electron chi connectivity index (χ1n) is 11.1. The average Bonchev–Trinajstić information content (AvgIpc) is 2.84. The van der Waals surface area contributed by atoms with Crippen LogP contribution in [-0.2, 0) is 25.5 Å². The third-order valence-electron chi connectivity index (χ3n) is 5.81. The fraction of sp³-hybridized carbons (Fsp3) is 0.308. The number of carbonyl (C=O) groups excluding carboxylic acids is 3. The van der Waals surface area contributed by atoms with E-state index in [0.717, 1.165) is 23.2 Å². The lowest BCUT2D eigenvalue weighted by Gasteiger charge is -2.24. The Balaban J connectivity index is 1.54. The maximum Gasteiger partial charge on any atom is 0.338 e. The number of aryl methyl sites for hydroxylation is 2. The molecule has 8 nitrogen and oxygen atoms in total. The minimum absolute atomic E-state index is 0.222. The molecule has 1 aliphatic rings. The van der Waals surface area contributed by atoms with Gasteiger partial charge in [-0.1, -0.05) is 37.3 Å². The largest absolute Gasteiger partial charge is 0.481 e. The number of benzene rings is 2. The molecule has 0 radical (unpaired) electrons. The zero-order valence-corrected chi connectivity index (χ0v) is 19.2. The summed E-state index contributed by atoms with van der Waals surface area (Å²) in [5.74, 6) is -3.91. The molecule has 2 aromatic carbocycles. The van der Waals surface area contributed by atoms with E-state index in [0.29, 0.717) is 18.5 Å². The van der Waals surface area contributed by atoms with Gasteiger partial charge in [0.15, 0.2) is 6.61 Å². The zero-order valence-electron chi connectivity index (χ0n) is 19.2. The average molecular weight is 465 g/mol. The number of carbonyl (C=O) groups is 4. The molecular formula is C26H28N2O6. The van der Waals surface area contributed by atoms with Crippen LogP contribution in [0, 0.1) is 18.8 Å². The minimum Gasteiger partial charge on any atom is -0.481 e. The van der Waals surface area contributed by atoms with Crippen LogP contribution in [0.1, 0.15) is 41.3 Å². The number of hydrogen-bond acceptors (Lipinski definition) is 5. The summed E-state index contributed by atoms with van der Waals surface area (Å²) in [4.78, 5) is 48.6. The van der Waals surface area contributed by atoms with E-state index in [2.05, 4.69) is 10.6 Å². The number of carboxylic acids is 1. The molecule has 0 saturated heterocycles. The van der Waals surface area contributed by atoms with E-state index in [-0.39, 0.29) is 11.5 Å². The molecule has 0 unspecified atom stereocenters. The number of aliphatic carboxylic acids is 1. The molecule has 2 amide bonds. The summed E-state index contributed by atoms with van der Waals surface area (Å²) < 4.78 is 5.12. The fourth-order valence-corrected chi connectivity index (χ4v) is 3.89. The quantitative estimate of drug-likeness (QED) is 0.402.